The summed E-state index contributed by atoms with van der Waals surface area (Å²) in [5.74, 6) is -0.736. The van der Waals surface area contributed by atoms with Gasteiger partial charge in [0.05, 0.1) is 0 Å². The molecule has 3 N–H and O–H groups in total. The average molecular weight is 467 g/mol. The van der Waals surface area contributed by atoms with Crippen molar-refractivity contribution in [3.05, 3.63) is 17.7 Å². The Kier molecular flexibility index (Phi) is 17.1. The SMILES string of the molecule is CCCCCCCCCCCCCCCCC(C)c1cc(O)c(S(=O)(=O)O)cc1O.[H-].[Na+]. The van der Waals surface area contributed by atoms with Gasteiger partial charge in [-0.05, 0) is 18.4 Å². The van der Waals surface area contributed by atoms with E-state index < -0.39 is 20.8 Å². The molecule has 0 spiro atoms. The first-order chi connectivity index (χ1) is 14.3. The van der Waals surface area contributed by atoms with Crippen LogP contribution in [-0.2, 0) is 10.1 Å². The fraction of sp³-hybridized carbons (Fsp3) is 0.750. The van der Waals surface area contributed by atoms with Gasteiger partial charge in [0.25, 0.3) is 10.1 Å². The molecular weight excluding hydrogens is 423 g/mol. The van der Waals surface area contributed by atoms with Crippen molar-refractivity contribution in [1.82, 2.24) is 0 Å². The molecule has 1 rings (SSSR count). The molecule has 0 saturated heterocycles. The van der Waals surface area contributed by atoms with E-state index >= 15 is 0 Å². The van der Waals surface area contributed by atoms with Crippen molar-refractivity contribution in [2.45, 2.75) is 121 Å². The Balaban J connectivity index is 0. The second-order valence-corrected chi connectivity index (χ2v) is 10.0. The van der Waals surface area contributed by atoms with E-state index in [1.165, 1.54) is 83.1 Å². The summed E-state index contributed by atoms with van der Waals surface area (Å²) in [6, 6.07) is 2.16. The number of phenolic OH excluding ortho intramolecular Hbond substituents is 2. The maximum atomic E-state index is 11.2. The number of rotatable bonds is 17. The molecule has 0 heterocycles. The zero-order valence-corrected chi connectivity index (χ0v) is 22.7. The summed E-state index contributed by atoms with van der Waals surface area (Å²) in [5.41, 5.74) is 0.509. The molecule has 1 aromatic rings. The van der Waals surface area contributed by atoms with Crippen LogP contribution in [0.5, 0.6) is 11.5 Å². The third-order valence-corrected chi connectivity index (χ3v) is 6.79. The van der Waals surface area contributed by atoms with Gasteiger partial charge in [0, 0.05) is 11.6 Å². The van der Waals surface area contributed by atoms with E-state index in [2.05, 4.69) is 6.92 Å². The van der Waals surface area contributed by atoms with Crippen LogP contribution in [0, 0.1) is 0 Å². The minimum absolute atomic E-state index is 0. The van der Waals surface area contributed by atoms with Crippen LogP contribution in [0.25, 0.3) is 0 Å². The monoisotopic (exact) mass is 466 g/mol. The topological polar surface area (TPSA) is 94.8 Å². The quantitative estimate of drug-likeness (QED) is 0.137. The largest absolute Gasteiger partial charge is 1.00 e. The standard InChI is InChI=1S/C24H42O5S.Na.H/c1-3-4-5-6-7-8-9-10-11-12-13-14-15-16-17-20(2)21-18-23(26)24(19-22(21)25)30(27,28)29;;/h18-20,25-26H,3-17H2,1-2H3,(H,27,28,29);;/q;+1;-1. The van der Waals surface area contributed by atoms with Gasteiger partial charge in [0.15, 0.2) is 0 Å². The Bertz CT molecular complexity index is 713. The van der Waals surface area contributed by atoms with E-state index in [1.54, 1.807) is 0 Å². The molecule has 0 bridgehead atoms. The molecule has 0 aliphatic rings. The van der Waals surface area contributed by atoms with Gasteiger partial charge >= 0.3 is 29.6 Å². The zero-order chi connectivity index (χ0) is 22.4. The minimum Gasteiger partial charge on any atom is -1.00 e. The maximum absolute atomic E-state index is 11.2. The van der Waals surface area contributed by atoms with Gasteiger partial charge in [-0.3, -0.25) is 4.55 Å². The smallest absolute Gasteiger partial charge is 1.00 e. The molecule has 1 atom stereocenters. The van der Waals surface area contributed by atoms with E-state index in [0.29, 0.717) is 5.56 Å². The molecule has 0 aliphatic carbocycles. The summed E-state index contributed by atoms with van der Waals surface area (Å²) in [6.07, 6.45) is 19.1. The Morgan fingerprint density at radius 3 is 1.61 bits per heavy atom. The molecule has 0 aliphatic heterocycles. The van der Waals surface area contributed by atoms with Crippen molar-refractivity contribution >= 4 is 10.1 Å². The molecule has 176 valence electrons. The van der Waals surface area contributed by atoms with Crippen LogP contribution in [0.15, 0.2) is 17.0 Å². The molecule has 1 aromatic carbocycles. The molecule has 7 heteroatoms. The summed E-state index contributed by atoms with van der Waals surface area (Å²) in [5, 5.41) is 19.9. The van der Waals surface area contributed by atoms with E-state index in [1.807, 2.05) is 6.92 Å². The normalized spacial score (nSPS) is 12.5. The first kappa shape index (κ1) is 30.7. The van der Waals surface area contributed by atoms with Gasteiger partial charge < -0.3 is 11.6 Å². The predicted molar refractivity (Wildman–Crippen MR) is 124 cm³/mol. The summed E-state index contributed by atoms with van der Waals surface area (Å²) >= 11 is 0. The molecule has 31 heavy (non-hydrogen) atoms. The summed E-state index contributed by atoms with van der Waals surface area (Å²) < 4.78 is 31.5. The summed E-state index contributed by atoms with van der Waals surface area (Å²) in [6.45, 7) is 4.20. The Morgan fingerprint density at radius 1 is 0.774 bits per heavy atom. The van der Waals surface area contributed by atoms with Crippen molar-refractivity contribution in [2.75, 3.05) is 0 Å². The Morgan fingerprint density at radius 2 is 1.19 bits per heavy atom. The van der Waals surface area contributed by atoms with E-state index in [-0.39, 0.29) is 42.7 Å². The third-order valence-electron chi connectivity index (χ3n) is 5.91. The van der Waals surface area contributed by atoms with Gasteiger partial charge in [-0.15, -0.1) is 0 Å². The van der Waals surface area contributed by atoms with Crippen LogP contribution in [0.1, 0.15) is 123 Å². The number of phenols is 2. The van der Waals surface area contributed by atoms with Crippen molar-refractivity contribution < 1.29 is 54.2 Å². The van der Waals surface area contributed by atoms with E-state index in [0.717, 1.165) is 25.3 Å². The molecule has 0 saturated carbocycles. The fourth-order valence-corrected chi connectivity index (χ4v) is 4.56. The van der Waals surface area contributed by atoms with Crippen LogP contribution >= 0.6 is 0 Å². The van der Waals surface area contributed by atoms with Crippen LogP contribution in [-0.4, -0.2) is 23.2 Å². The van der Waals surface area contributed by atoms with Crippen molar-refractivity contribution in [3.63, 3.8) is 0 Å². The van der Waals surface area contributed by atoms with Gasteiger partial charge in [0.2, 0.25) is 0 Å². The number of unbranched alkanes of at least 4 members (excludes halogenated alkanes) is 13. The summed E-state index contributed by atoms with van der Waals surface area (Å²) in [7, 11) is -4.55. The average Bonchev–Trinajstić information content (AvgIpc) is 2.68. The molecular formula is C24H43NaO5S. The van der Waals surface area contributed by atoms with Crippen LogP contribution in [0.3, 0.4) is 0 Å². The number of benzene rings is 1. The molecule has 5 nitrogen and oxygen atoms in total. The molecule has 1 unspecified atom stereocenters. The first-order valence-corrected chi connectivity index (χ1v) is 13.2. The Hall–Kier alpha value is -0.270. The van der Waals surface area contributed by atoms with Crippen LogP contribution < -0.4 is 29.6 Å². The van der Waals surface area contributed by atoms with Crippen LogP contribution in [0.2, 0.25) is 0 Å². The molecule has 0 radical (unpaired) electrons. The van der Waals surface area contributed by atoms with E-state index in [9.17, 15) is 18.6 Å². The minimum atomic E-state index is -4.55. The van der Waals surface area contributed by atoms with Gasteiger partial charge in [-0.1, -0.05) is 104 Å². The first-order valence-electron chi connectivity index (χ1n) is 11.8. The van der Waals surface area contributed by atoms with Gasteiger partial charge in [-0.25, -0.2) is 0 Å². The second-order valence-electron chi connectivity index (χ2n) is 8.64. The number of aromatic hydroxyl groups is 2. The fourth-order valence-electron chi connectivity index (χ4n) is 3.98. The number of hydrogen-bond acceptors (Lipinski definition) is 4. The van der Waals surface area contributed by atoms with Crippen molar-refractivity contribution in [2.24, 2.45) is 0 Å². The number of hydrogen-bond donors (Lipinski definition) is 3. The Labute approximate surface area is 213 Å². The molecule has 0 amide bonds. The predicted octanol–water partition coefficient (Wildman–Crippen LogP) is 4.44. The van der Waals surface area contributed by atoms with Crippen molar-refractivity contribution in [3.8, 4) is 11.5 Å². The zero-order valence-electron chi connectivity index (χ0n) is 20.9. The molecule has 0 fully saturated rings. The summed E-state index contributed by atoms with van der Waals surface area (Å²) in [4.78, 5) is -0.660. The molecule has 0 aromatic heterocycles. The third kappa shape index (κ3) is 13.1. The van der Waals surface area contributed by atoms with Crippen LogP contribution in [0.4, 0.5) is 0 Å². The second kappa shape index (κ2) is 17.2. The van der Waals surface area contributed by atoms with Gasteiger partial charge in [-0.2, -0.15) is 8.42 Å². The van der Waals surface area contributed by atoms with E-state index in [4.69, 9.17) is 4.55 Å². The van der Waals surface area contributed by atoms with Gasteiger partial charge in [0.1, 0.15) is 16.4 Å². The maximum Gasteiger partial charge on any atom is 1.00 e. The van der Waals surface area contributed by atoms with Crippen molar-refractivity contribution in [1.29, 1.82) is 0 Å².